The van der Waals surface area contributed by atoms with E-state index in [1.807, 2.05) is 6.92 Å². The van der Waals surface area contributed by atoms with Gasteiger partial charge < -0.3 is 29.2 Å². The summed E-state index contributed by atoms with van der Waals surface area (Å²) < 4.78 is 67.4. The third kappa shape index (κ3) is 9.29. The second kappa shape index (κ2) is 16.6. The van der Waals surface area contributed by atoms with Crippen LogP contribution in [-0.2, 0) is 19.1 Å². The molecule has 0 spiro atoms. The van der Waals surface area contributed by atoms with Gasteiger partial charge in [-0.15, -0.1) is 6.58 Å². The van der Waals surface area contributed by atoms with Gasteiger partial charge in [-0.3, -0.25) is 4.79 Å². The van der Waals surface area contributed by atoms with Crippen molar-refractivity contribution in [3.8, 4) is 11.6 Å². The molecule has 1 aliphatic heterocycles. The van der Waals surface area contributed by atoms with Gasteiger partial charge in [-0.2, -0.15) is 13.2 Å². The van der Waals surface area contributed by atoms with Crippen molar-refractivity contribution in [3.63, 3.8) is 0 Å². The first-order valence-electron chi connectivity index (χ1n) is 18.5. The average molecular weight is 761 g/mol. The number of ether oxygens (including phenoxy) is 4. The number of hydrogen-bond donors (Lipinski definition) is 1. The van der Waals surface area contributed by atoms with Crippen LogP contribution in [0.2, 0.25) is 0 Å². The van der Waals surface area contributed by atoms with Crippen molar-refractivity contribution in [3.05, 3.63) is 43.1 Å². The predicted molar refractivity (Wildman–Crippen MR) is 199 cm³/mol. The lowest BCUT2D eigenvalue weighted by molar-refractivity contribution is -0.271. The average Bonchev–Trinajstić information content (AvgIpc) is 3.66. The van der Waals surface area contributed by atoms with Gasteiger partial charge in [0.15, 0.2) is 0 Å². The second-order valence-electron chi connectivity index (χ2n) is 16.2. The Bertz CT molecular complexity index is 1700. The molecule has 298 valence electrons. The first kappa shape index (κ1) is 42.4. The number of carbonyl (C=O) groups excluding carboxylic acids is 3. The normalized spacial score (nSPS) is 23.8. The number of likely N-dealkylation sites (tertiary alicyclic amines) is 1. The van der Waals surface area contributed by atoms with Crippen LogP contribution in [0.15, 0.2) is 37.4 Å². The van der Waals surface area contributed by atoms with E-state index in [0.717, 1.165) is 0 Å². The lowest BCUT2D eigenvalue weighted by atomic mass is 9.85. The Kier molecular flexibility index (Phi) is 13.0. The summed E-state index contributed by atoms with van der Waals surface area (Å²) in [6, 6.07) is 2.63. The van der Waals surface area contributed by atoms with Crippen molar-refractivity contribution in [2.24, 2.45) is 17.3 Å². The van der Waals surface area contributed by atoms with Crippen LogP contribution in [0.5, 0.6) is 11.6 Å². The van der Waals surface area contributed by atoms with Gasteiger partial charge in [0.2, 0.25) is 17.4 Å². The SMILES string of the molecule is C=CCCCC1CCCC1(OC(=O)NC(C(=O)N1CC(Oc2nc3cc(OC)ccc3nc2C=C)C(CC)C1C(=O)OC(C)(C)C)C(C)(C)C)C(F)(F)F. The van der Waals surface area contributed by atoms with Crippen LogP contribution in [0, 0.1) is 17.3 Å². The highest BCUT2D eigenvalue weighted by atomic mass is 19.4. The van der Waals surface area contributed by atoms with Crippen molar-refractivity contribution in [1.29, 1.82) is 0 Å². The molecule has 2 fully saturated rings. The number of alkyl halides is 3. The van der Waals surface area contributed by atoms with Gasteiger partial charge >= 0.3 is 18.2 Å². The summed E-state index contributed by atoms with van der Waals surface area (Å²) in [7, 11) is 1.53. The summed E-state index contributed by atoms with van der Waals surface area (Å²) in [6.45, 7) is 19.3. The second-order valence-corrected chi connectivity index (χ2v) is 16.2. The quantitative estimate of drug-likeness (QED) is 0.122. The van der Waals surface area contributed by atoms with Crippen molar-refractivity contribution < 1.29 is 46.5 Å². The van der Waals surface area contributed by atoms with Crippen molar-refractivity contribution in [2.45, 2.75) is 129 Å². The van der Waals surface area contributed by atoms with Crippen molar-refractivity contribution in [1.82, 2.24) is 20.2 Å². The van der Waals surface area contributed by atoms with E-state index in [2.05, 4.69) is 28.4 Å². The molecular formula is C40H55F3N4O7. The van der Waals surface area contributed by atoms with Gasteiger partial charge in [0.05, 0.1) is 24.7 Å². The summed E-state index contributed by atoms with van der Waals surface area (Å²) in [4.78, 5) is 52.8. The number of benzene rings is 1. The molecule has 1 aromatic heterocycles. The molecule has 2 aliphatic rings. The number of unbranched alkanes of at least 4 members (excludes halogenated alkanes) is 1. The number of methoxy groups -OCH3 is 1. The largest absolute Gasteiger partial charge is 0.497 e. The summed E-state index contributed by atoms with van der Waals surface area (Å²) >= 11 is 0. The molecule has 2 heterocycles. The van der Waals surface area contributed by atoms with Gasteiger partial charge in [-0.1, -0.05) is 40.3 Å². The smallest absolute Gasteiger partial charge is 0.428 e. The first-order valence-corrected chi connectivity index (χ1v) is 18.5. The van der Waals surface area contributed by atoms with Gasteiger partial charge in [0, 0.05) is 17.9 Å². The summed E-state index contributed by atoms with van der Waals surface area (Å²) in [5.74, 6) is -2.26. The molecule has 6 unspecified atom stereocenters. The van der Waals surface area contributed by atoms with E-state index < -0.39 is 70.8 Å². The number of halogens is 3. The molecule has 1 aliphatic carbocycles. The fraction of sp³-hybridized carbons (Fsp3) is 0.625. The van der Waals surface area contributed by atoms with E-state index in [4.69, 9.17) is 18.9 Å². The number of esters is 1. The minimum Gasteiger partial charge on any atom is -0.497 e. The third-order valence-corrected chi connectivity index (χ3v) is 10.2. The zero-order chi connectivity index (χ0) is 40.2. The molecule has 54 heavy (non-hydrogen) atoms. The van der Waals surface area contributed by atoms with Crippen LogP contribution in [0.3, 0.4) is 0 Å². The Morgan fingerprint density at radius 2 is 1.80 bits per heavy atom. The zero-order valence-corrected chi connectivity index (χ0v) is 32.7. The highest BCUT2D eigenvalue weighted by molar-refractivity contribution is 5.91. The van der Waals surface area contributed by atoms with Gasteiger partial charge in [-0.25, -0.2) is 19.6 Å². The minimum atomic E-state index is -4.84. The van der Waals surface area contributed by atoms with Gasteiger partial charge in [0.1, 0.15) is 35.2 Å². The van der Waals surface area contributed by atoms with Crippen LogP contribution in [-0.4, -0.2) is 82.1 Å². The van der Waals surface area contributed by atoms with Crippen molar-refractivity contribution >= 4 is 35.1 Å². The van der Waals surface area contributed by atoms with E-state index in [0.29, 0.717) is 41.7 Å². The topological polar surface area (TPSA) is 129 Å². The zero-order valence-electron chi connectivity index (χ0n) is 32.7. The van der Waals surface area contributed by atoms with Crippen LogP contribution < -0.4 is 14.8 Å². The van der Waals surface area contributed by atoms with Gasteiger partial charge in [0.25, 0.3) is 0 Å². The maximum absolute atomic E-state index is 14.8. The Labute approximate surface area is 316 Å². The van der Waals surface area contributed by atoms with Crippen LogP contribution >= 0.6 is 0 Å². The number of nitrogens with one attached hydrogen (secondary N) is 1. The van der Waals surface area contributed by atoms with Crippen LogP contribution in [0.1, 0.15) is 99.1 Å². The standard InChI is InChI=1S/C40H55F3N4O7/c1-11-14-15-17-24-18-16-21-39(24,40(41,42)43)54-36(50)46-32(37(4,5)6)34(48)47-23-30(26(12-2)31(47)35(49)53-38(7,8)9)52-33-27(13-3)44-28-20-19-25(51-10)22-29(28)45-33/h11,13,19-20,22,24,26,30-32H,1,3,12,14-18,21,23H2,2,4-10H3,(H,46,50). The molecule has 4 rings (SSSR count). The molecule has 6 atom stereocenters. The van der Waals surface area contributed by atoms with E-state index in [-0.39, 0.29) is 38.1 Å². The lowest BCUT2D eigenvalue weighted by Crippen LogP contribution is -2.60. The van der Waals surface area contributed by atoms with E-state index >= 15 is 0 Å². The Morgan fingerprint density at radius 3 is 2.37 bits per heavy atom. The Hall–Kier alpha value is -4.36. The fourth-order valence-corrected chi connectivity index (χ4v) is 7.53. The fourth-order valence-electron chi connectivity index (χ4n) is 7.53. The number of allylic oxidation sites excluding steroid dienone is 1. The number of rotatable bonds is 13. The molecule has 11 nitrogen and oxygen atoms in total. The molecule has 1 aromatic carbocycles. The van der Waals surface area contributed by atoms with E-state index in [1.165, 1.54) is 18.1 Å². The molecule has 1 N–H and O–H groups in total. The number of hydrogen-bond acceptors (Lipinski definition) is 9. The van der Waals surface area contributed by atoms with E-state index in [9.17, 15) is 27.6 Å². The van der Waals surface area contributed by atoms with E-state index in [1.54, 1.807) is 65.8 Å². The van der Waals surface area contributed by atoms with Crippen LogP contribution in [0.4, 0.5) is 18.0 Å². The maximum atomic E-state index is 14.8. The Balaban J connectivity index is 1.70. The molecule has 2 aromatic rings. The highest BCUT2D eigenvalue weighted by Gasteiger charge is 2.64. The molecule has 1 saturated heterocycles. The van der Waals surface area contributed by atoms with Gasteiger partial charge in [-0.05, 0) is 89.3 Å². The summed E-state index contributed by atoms with van der Waals surface area (Å²) in [5.41, 5.74) is -3.25. The summed E-state index contributed by atoms with van der Waals surface area (Å²) in [5, 5.41) is 2.49. The molecule has 2 amide bonds. The number of fused-ring (bicyclic) bond motifs is 1. The predicted octanol–water partition coefficient (Wildman–Crippen LogP) is 8.21. The third-order valence-electron chi connectivity index (χ3n) is 10.2. The molecule has 0 bridgehead atoms. The molecule has 14 heteroatoms. The maximum Gasteiger partial charge on any atom is 0.428 e. The number of alkyl carbamates (subject to hydrolysis) is 1. The number of nitrogens with zero attached hydrogens (tertiary/aromatic N) is 3. The lowest BCUT2D eigenvalue weighted by Gasteiger charge is -2.39. The Morgan fingerprint density at radius 1 is 1.09 bits per heavy atom. The molecular weight excluding hydrogens is 705 g/mol. The van der Waals surface area contributed by atoms with Crippen LogP contribution in [0.25, 0.3) is 17.1 Å². The number of amides is 2. The number of aromatic nitrogens is 2. The molecule has 0 radical (unpaired) electrons. The van der Waals surface area contributed by atoms with Crippen molar-refractivity contribution in [2.75, 3.05) is 13.7 Å². The monoisotopic (exact) mass is 760 g/mol. The summed E-state index contributed by atoms with van der Waals surface area (Å²) in [6.07, 6.45) is -2.18. The minimum absolute atomic E-state index is 0.122. The molecule has 1 saturated carbocycles. The number of carbonyl (C=O) groups is 3. The highest BCUT2D eigenvalue weighted by Crippen LogP contribution is 2.51. The first-order chi connectivity index (χ1) is 25.2.